The zero-order valence-electron chi connectivity index (χ0n) is 14.6. The van der Waals surface area contributed by atoms with Gasteiger partial charge in [-0.25, -0.2) is 18.6 Å². The highest BCUT2D eigenvalue weighted by molar-refractivity contribution is 5.97. The third kappa shape index (κ3) is 3.93. The van der Waals surface area contributed by atoms with E-state index in [2.05, 4.69) is 20.6 Å². The molecule has 5 nitrogen and oxygen atoms in total. The number of nitrogens with zero attached hydrogens (tertiary/aromatic N) is 2. The molecule has 3 rings (SSSR count). The molecule has 0 aliphatic carbocycles. The van der Waals surface area contributed by atoms with Gasteiger partial charge in [0.2, 0.25) is 0 Å². The molecule has 0 aliphatic rings. The van der Waals surface area contributed by atoms with Crippen molar-refractivity contribution in [3.8, 4) is 11.1 Å². The molecule has 0 unspecified atom stereocenters. The van der Waals surface area contributed by atoms with E-state index in [0.29, 0.717) is 22.0 Å². The normalized spacial score (nSPS) is 11.4. The van der Waals surface area contributed by atoms with Gasteiger partial charge < -0.3 is 5.32 Å². The molecule has 0 saturated carbocycles. The number of hydrogen-bond donors (Lipinski definition) is 2. The standard InChI is InChI=1S/C19H18F2N4O/c1-19(2,3)25-18(26)24-17-13(11-4-5-14(20)15(21)9-11)8-12-10-22-7-6-16(12)23-17/h4-10H,1-3H3,(H2,23,24,25,26). The topological polar surface area (TPSA) is 66.9 Å². The zero-order valence-corrected chi connectivity index (χ0v) is 14.6. The number of pyridine rings is 2. The van der Waals surface area contributed by atoms with E-state index in [1.54, 1.807) is 24.5 Å². The molecule has 0 atom stereocenters. The molecule has 3 aromatic rings. The van der Waals surface area contributed by atoms with E-state index in [1.165, 1.54) is 6.07 Å². The number of amides is 2. The molecule has 2 heterocycles. The molecule has 2 aromatic heterocycles. The van der Waals surface area contributed by atoms with Gasteiger partial charge in [0, 0.05) is 28.9 Å². The van der Waals surface area contributed by atoms with E-state index in [9.17, 15) is 13.6 Å². The van der Waals surface area contributed by atoms with E-state index >= 15 is 0 Å². The molecular weight excluding hydrogens is 338 g/mol. The van der Waals surface area contributed by atoms with Crippen LogP contribution in [-0.2, 0) is 0 Å². The lowest BCUT2D eigenvalue weighted by molar-refractivity contribution is 0.243. The van der Waals surface area contributed by atoms with Crippen LogP contribution in [0.2, 0.25) is 0 Å². The van der Waals surface area contributed by atoms with Gasteiger partial charge in [0.25, 0.3) is 0 Å². The lowest BCUT2D eigenvalue weighted by atomic mass is 10.0. The van der Waals surface area contributed by atoms with Gasteiger partial charge in [0.05, 0.1) is 5.52 Å². The maximum absolute atomic E-state index is 13.7. The van der Waals surface area contributed by atoms with Crippen LogP contribution in [-0.4, -0.2) is 21.5 Å². The van der Waals surface area contributed by atoms with Gasteiger partial charge in [-0.1, -0.05) is 6.07 Å². The van der Waals surface area contributed by atoms with Crippen molar-refractivity contribution >= 4 is 22.8 Å². The SMILES string of the molecule is CC(C)(C)NC(=O)Nc1nc2ccncc2cc1-c1ccc(F)c(F)c1. The summed E-state index contributed by atoms with van der Waals surface area (Å²) in [7, 11) is 0. The van der Waals surface area contributed by atoms with Crippen LogP contribution in [0.3, 0.4) is 0 Å². The van der Waals surface area contributed by atoms with E-state index in [4.69, 9.17) is 0 Å². The van der Waals surface area contributed by atoms with Crippen molar-refractivity contribution in [2.24, 2.45) is 0 Å². The highest BCUT2D eigenvalue weighted by Crippen LogP contribution is 2.30. The molecule has 0 fully saturated rings. The van der Waals surface area contributed by atoms with Crippen LogP contribution in [0.15, 0.2) is 42.7 Å². The van der Waals surface area contributed by atoms with Gasteiger partial charge in [-0.3, -0.25) is 10.3 Å². The summed E-state index contributed by atoms with van der Waals surface area (Å²) in [5.74, 6) is -1.67. The minimum atomic E-state index is -0.973. The number of nitrogens with one attached hydrogen (secondary N) is 2. The Morgan fingerprint density at radius 1 is 1.08 bits per heavy atom. The fourth-order valence-corrected chi connectivity index (χ4v) is 2.48. The van der Waals surface area contributed by atoms with Crippen LogP contribution < -0.4 is 10.6 Å². The summed E-state index contributed by atoms with van der Waals surface area (Å²) in [6.45, 7) is 5.55. The summed E-state index contributed by atoms with van der Waals surface area (Å²) in [4.78, 5) is 20.8. The van der Waals surface area contributed by atoms with Gasteiger partial charge in [-0.05, 0) is 50.6 Å². The van der Waals surface area contributed by atoms with Crippen LogP contribution in [0.25, 0.3) is 22.0 Å². The number of carbonyl (C=O) groups is 1. The molecule has 7 heteroatoms. The van der Waals surface area contributed by atoms with E-state index in [1.807, 2.05) is 20.8 Å². The highest BCUT2D eigenvalue weighted by atomic mass is 19.2. The molecule has 0 spiro atoms. The summed E-state index contributed by atoms with van der Waals surface area (Å²) >= 11 is 0. The van der Waals surface area contributed by atoms with Crippen molar-refractivity contribution in [3.05, 3.63) is 54.4 Å². The van der Waals surface area contributed by atoms with Gasteiger partial charge in [-0.15, -0.1) is 0 Å². The predicted octanol–water partition coefficient (Wildman–Crippen LogP) is 4.50. The molecular formula is C19H18F2N4O. The molecule has 2 amide bonds. The first kappa shape index (κ1) is 17.7. The molecule has 1 aromatic carbocycles. The van der Waals surface area contributed by atoms with Crippen molar-refractivity contribution < 1.29 is 13.6 Å². The Bertz CT molecular complexity index is 983. The average molecular weight is 356 g/mol. The van der Waals surface area contributed by atoms with Crippen molar-refractivity contribution in [2.45, 2.75) is 26.3 Å². The fourth-order valence-electron chi connectivity index (χ4n) is 2.48. The van der Waals surface area contributed by atoms with E-state index in [0.717, 1.165) is 12.1 Å². The lowest BCUT2D eigenvalue weighted by Crippen LogP contribution is -2.43. The van der Waals surface area contributed by atoms with Crippen LogP contribution in [0.5, 0.6) is 0 Å². The first-order valence-electron chi connectivity index (χ1n) is 8.02. The minimum absolute atomic E-state index is 0.247. The summed E-state index contributed by atoms with van der Waals surface area (Å²) in [5, 5.41) is 6.19. The number of aromatic nitrogens is 2. The Morgan fingerprint density at radius 2 is 1.85 bits per heavy atom. The maximum Gasteiger partial charge on any atom is 0.320 e. The van der Waals surface area contributed by atoms with Crippen LogP contribution in [0, 0.1) is 11.6 Å². The number of rotatable bonds is 2. The van der Waals surface area contributed by atoms with Crippen molar-refractivity contribution in [1.29, 1.82) is 0 Å². The summed E-state index contributed by atoms with van der Waals surface area (Å²) < 4.78 is 27.0. The summed E-state index contributed by atoms with van der Waals surface area (Å²) in [6, 6.07) is 6.54. The summed E-state index contributed by atoms with van der Waals surface area (Å²) in [5.41, 5.74) is 1.05. The Balaban J connectivity index is 2.10. The minimum Gasteiger partial charge on any atom is -0.333 e. The van der Waals surface area contributed by atoms with Crippen LogP contribution in [0.4, 0.5) is 19.4 Å². The number of fused-ring (bicyclic) bond motifs is 1. The van der Waals surface area contributed by atoms with Gasteiger partial charge in [0.15, 0.2) is 11.6 Å². The Kier molecular flexibility index (Phi) is 4.54. The predicted molar refractivity (Wildman–Crippen MR) is 96.8 cm³/mol. The number of carbonyl (C=O) groups excluding carboxylic acids is 1. The number of anilines is 1. The molecule has 26 heavy (non-hydrogen) atoms. The maximum atomic E-state index is 13.7. The first-order chi connectivity index (χ1) is 12.2. The number of hydrogen-bond acceptors (Lipinski definition) is 3. The van der Waals surface area contributed by atoms with Crippen LogP contribution in [0.1, 0.15) is 20.8 Å². The van der Waals surface area contributed by atoms with Gasteiger partial charge in [0.1, 0.15) is 5.82 Å². The molecule has 0 radical (unpaired) electrons. The molecule has 134 valence electrons. The monoisotopic (exact) mass is 356 g/mol. The lowest BCUT2D eigenvalue weighted by Gasteiger charge is -2.21. The summed E-state index contributed by atoms with van der Waals surface area (Å²) in [6.07, 6.45) is 3.20. The third-order valence-electron chi connectivity index (χ3n) is 3.57. The van der Waals surface area contributed by atoms with E-state index < -0.39 is 23.2 Å². The highest BCUT2D eigenvalue weighted by Gasteiger charge is 2.17. The Hall–Kier alpha value is -3.09. The van der Waals surface area contributed by atoms with E-state index in [-0.39, 0.29) is 5.82 Å². The molecule has 0 aliphatic heterocycles. The first-order valence-corrected chi connectivity index (χ1v) is 8.02. The average Bonchev–Trinajstić information content (AvgIpc) is 2.55. The third-order valence-corrected chi connectivity index (χ3v) is 3.57. The van der Waals surface area contributed by atoms with Crippen molar-refractivity contribution in [3.63, 3.8) is 0 Å². The second-order valence-electron chi connectivity index (χ2n) is 6.91. The Morgan fingerprint density at radius 3 is 2.54 bits per heavy atom. The van der Waals surface area contributed by atoms with Gasteiger partial charge in [-0.2, -0.15) is 0 Å². The van der Waals surface area contributed by atoms with Crippen molar-refractivity contribution in [2.75, 3.05) is 5.32 Å². The number of urea groups is 1. The molecule has 2 N–H and O–H groups in total. The number of halogens is 2. The fraction of sp³-hybridized carbons (Fsp3) is 0.211. The second-order valence-corrected chi connectivity index (χ2v) is 6.91. The molecule has 0 bridgehead atoms. The Labute approximate surface area is 149 Å². The van der Waals surface area contributed by atoms with Crippen LogP contribution >= 0.6 is 0 Å². The smallest absolute Gasteiger partial charge is 0.320 e. The van der Waals surface area contributed by atoms with Crippen molar-refractivity contribution in [1.82, 2.24) is 15.3 Å². The second kappa shape index (κ2) is 6.67. The largest absolute Gasteiger partial charge is 0.333 e. The van der Waals surface area contributed by atoms with Gasteiger partial charge >= 0.3 is 6.03 Å². The molecule has 0 saturated heterocycles. The quantitative estimate of drug-likeness (QED) is 0.711. The number of benzene rings is 1. The zero-order chi connectivity index (χ0) is 18.9.